The maximum Gasteiger partial charge on any atom is 0.333 e. The van der Waals surface area contributed by atoms with Crippen LogP contribution in [-0.2, 0) is 16.1 Å². The average Bonchev–Trinajstić information content (AvgIpc) is 2.79. The largest absolute Gasteiger partial charge is 0.496 e. The van der Waals surface area contributed by atoms with Gasteiger partial charge in [-0.15, -0.1) is 0 Å². The fraction of sp³-hybridized carbons (Fsp3) is 0.526. The first kappa shape index (κ1) is 16.1. The van der Waals surface area contributed by atoms with Gasteiger partial charge in [0.25, 0.3) is 0 Å². The smallest absolute Gasteiger partial charge is 0.333 e. The van der Waals surface area contributed by atoms with Crippen molar-refractivity contribution >= 4 is 5.97 Å². The predicted molar refractivity (Wildman–Crippen MR) is 89.5 cm³/mol. The molecule has 124 valence electrons. The average molecular weight is 315 g/mol. The van der Waals surface area contributed by atoms with E-state index in [-0.39, 0.29) is 5.97 Å². The van der Waals surface area contributed by atoms with Crippen molar-refractivity contribution in [2.45, 2.75) is 51.7 Å². The number of fused-ring (bicyclic) bond motifs is 2. The van der Waals surface area contributed by atoms with Gasteiger partial charge in [0.1, 0.15) is 5.75 Å². The van der Waals surface area contributed by atoms with E-state index in [2.05, 4.69) is 37.0 Å². The molecule has 0 radical (unpaired) electrons. The normalized spacial score (nSPS) is 23.6. The summed E-state index contributed by atoms with van der Waals surface area (Å²) in [7, 11) is 3.17. The molecule has 0 spiro atoms. The zero-order valence-corrected chi connectivity index (χ0v) is 14.4. The predicted octanol–water partition coefficient (Wildman–Crippen LogP) is 3.15. The summed E-state index contributed by atoms with van der Waals surface area (Å²) in [6.07, 6.45) is 5.19. The molecule has 1 aromatic rings. The van der Waals surface area contributed by atoms with Crippen molar-refractivity contribution in [1.29, 1.82) is 0 Å². The second-order valence-corrected chi connectivity index (χ2v) is 6.54. The van der Waals surface area contributed by atoms with Crippen molar-refractivity contribution in [3.8, 4) is 5.75 Å². The number of hydrogen-bond acceptors (Lipinski definition) is 4. The highest BCUT2D eigenvalue weighted by atomic mass is 16.5. The summed E-state index contributed by atoms with van der Waals surface area (Å²) < 4.78 is 10.3. The highest BCUT2D eigenvalue weighted by molar-refractivity contribution is 5.88. The summed E-state index contributed by atoms with van der Waals surface area (Å²) in [4.78, 5) is 14.3. The first-order valence-electron chi connectivity index (χ1n) is 8.23. The van der Waals surface area contributed by atoms with E-state index in [1.807, 2.05) is 0 Å². The van der Waals surface area contributed by atoms with Gasteiger partial charge in [-0.25, -0.2) is 4.79 Å². The molecule has 4 heteroatoms. The minimum Gasteiger partial charge on any atom is -0.496 e. The molecule has 0 aromatic heterocycles. The van der Waals surface area contributed by atoms with Crippen molar-refractivity contribution in [3.05, 3.63) is 40.5 Å². The fourth-order valence-electron chi connectivity index (χ4n) is 3.89. The van der Waals surface area contributed by atoms with Crippen LogP contribution in [0.4, 0.5) is 0 Å². The molecule has 1 aromatic carbocycles. The fourth-order valence-corrected chi connectivity index (χ4v) is 3.89. The Morgan fingerprint density at radius 2 is 2.00 bits per heavy atom. The number of hydrogen-bond donors (Lipinski definition) is 0. The monoisotopic (exact) mass is 315 g/mol. The maximum atomic E-state index is 11.8. The Morgan fingerprint density at radius 1 is 1.22 bits per heavy atom. The van der Waals surface area contributed by atoms with Gasteiger partial charge in [-0.2, -0.15) is 0 Å². The molecule has 2 unspecified atom stereocenters. The van der Waals surface area contributed by atoms with Gasteiger partial charge >= 0.3 is 5.97 Å². The quantitative estimate of drug-likeness (QED) is 0.800. The van der Waals surface area contributed by atoms with Crippen LogP contribution >= 0.6 is 0 Å². The summed E-state index contributed by atoms with van der Waals surface area (Å²) in [5, 5.41) is 0. The van der Waals surface area contributed by atoms with Gasteiger partial charge in [0, 0.05) is 24.2 Å². The van der Waals surface area contributed by atoms with Gasteiger partial charge in [-0.3, -0.25) is 4.90 Å². The lowest BCUT2D eigenvalue weighted by molar-refractivity contribution is -0.136. The molecule has 4 nitrogen and oxygen atoms in total. The van der Waals surface area contributed by atoms with Gasteiger partial charge in [0.05, 0.1) is 14.2 Å². The molecule has 0 saturated carbocycles. The minimum absolute atomic E-state index is 0.168. The second kappa shape index (κ2) is 6.36. The Balaban J connectivity index is 1.81. The summed E-state index contributed by atoms with van der Waals surface area (Å²) >= 11 is 0. The van der Waals surface area contributed by atoms with Crippen LogP contribution in [0.2, 0.25) is 0 Å². The third-order valence-corrected chi connectivity index (χ3v) is 5.41. The van der Waals surface area contributed by atoms with Crippen LogP contribution in [0.25, 0.3) is 0 Å². The Labute approximate surface area is 138 Å². The zero-order valence-electron chi connectivity index (χ0n) is 14.4. The van der Waals surface area contributed by atoms with Crippen molar-refractivity contribution in [2.24, 2.45) is 0 Å². The van der Waals surface area contributed by atoms with Gasteiger partial charge in [-0.1, -0.05) is 12.1 Å². The van der Waals surface area contributed by atoms with Gasteiger partial charge in [-0.05, 0) is 55.9 Å². The third-order valence-electron chi connectivity index (χ3n) is 5.41. The highest BCUT2D eigenvalue weighted by Crippen LogP contribution is 2.37. The number of ether oxygens (including phenoxy) is 2. The lowest BCUT2D eigenvalue weighted by atomic mass is 9.98. The number of methoxy groups -OCH3 is 2. The lowest BCUT2D eigenvalue weighted by Gasteiger charge is -2.34. The molecule has 2 aliphatic rings. The number of esters is 1. The number of carbonyl (C=O) groups is 1. The number of nitrogens with zero attached hydrogens (tertiary/aromatic N) is 1. The second-order valence-electron chi connectivity index (χ2n) is 6.54. The zero-order chi connectivity index (χ0) is 16.6. The number of rotatable bonds is 4. The van der Waals surface area contributed by atoms with E-state index in [0.29, 0.717) is 12.1 Å². The van der Waals surface area contributed by atoms with E-state index in [1.165, 1.54) is 23.8 Å². The SMILES string of the molecule is COC(=O)C1=CC2CCC(C1)N2Cc1ccc(OC)c(C)c1C. The molecular formula is C19H25NO3. The van der Waals surface area contributed by atoms with E-state index in [0.717, 1.165) is 37.1 Å². The molecule has 3 rings (SSSR count). The molecule has 2 heterocycles. The van der Waals surface area contributed by atoms with E-state index >= 15 is 0 Å². The molecule has 0 N–H and O–H groups in total. The maximum absolute atomic E-state index is 11.8. The van der Waals surface area contributed by atoms with Crippen LogP contribution in [0.5, 0.6) is 5.75 Å². The summed E-state index contributed by atoms with van der Waals surface area (Å²) in [6.45, 7) is 5.20. The highest BCUT2D eigenvalue weighted by Gasteiger charge is 2.38. The Hall–Kier alpha value is -1.81. The van der Waals surface area contributed by atoms with Gasteiger partial charge in [0.2, 0.25) is 0 Å². The standard InChI is InChI=1S/C19H25NO3/c1-12-13(2)18(22-3)8-5-14(12)11-20-16-6-7-17(20)10-15(9-16)19(21)23-4/h5,8-9,16-17H,6-7,10-11H2,1-4H3. The molecular weight excluding hydrogens is 290 g/mol. The van der Waals surface area contributed by atoms with Crippen molar-refractivity contribution in [1.82, 2.24) is 4.90 Å². The van der Waals surface area contributed by atoms with Crippen LogP contribution in [-0.4, -0.2) is 37.2 Å². The van der Waals surface area contributed by atoms with Crippen LogP contribution in [0.1, 0.15) is 36.0 Å². The Kier molecular flexibility index (Phi) is 4.44. The molecule has 2 bridgehead atoms. The van der Waals surface area contributed by atoms with E-state index in [4.69, 9.17) is 9.47 Å². The molecule has 2 atom stereocenters. The van der Waals surface area contributed by atoms with E-state index < -0.39 is 0 Å². The lowest BCUT2D eigenvalue weighted by Crippen LogP contribution is -2.39. The van der Waals surface area contributed by atoms with Crippen LogP contribution < -0.4 is 4.74 Å². The summed E-state index contributed by atoms with van der Waals surface area (Å²) in [5.74, 6) is 0.777. The molecule has 1 fully saturated rings. The van der Waals surface area contributed by atoms with E-state index in [1.54, 1.807) is 7.11 Å². The molecule has 0 amide bonds. The summed E-state index contributed by atoms with van der Waals surface area (Å²) in [6, 6.07) is 5.02. The van der Waals surface area contributed by atoms with Crippen LogP contribution in [0.15, 0.2) is 23.8 Å². The van der Waals surface area contributed by atoms with Gasteiger partial charge < -0.3 is 9.47 Å². The molecule has 23 heavy (non-hydrogen) atoms. The molecule has 1 saturated heterocycles. The van der Waals surface area contributed by atoms with E-state index in [9.17, 15) is 4.79 Å². The first-order chi connectivity index (χ1) is 11.0. The van der Waals surface area contributed by atoms with Crippen molar-refractivity contribution in [2.75, 3.05) is 14.2 Å². The Morgan fingerprint density at radius 3 is 2.65 bits per heavy atom. The van der Waals surface area contributed by atoms with Gasteiger partial charge in [0.15, 0.2) is 0 Å². The third kappa shape index (κ3) is 2.88. The first-order valence-corrected chi connectivity index (χ1v) is 8.23. The van der Waals surface area contributed by atoms with Crippen LogP contribution in [0, 0.1) is 13.8 Å². The topological polar surface area (TPSA) is 38.8 Å². The van der Waals surface area contributed by atoms with Crippen molar-refractivity contribution in [3.63, 3.8) is 0 Å². The number of benzene rings is 1. The summed E-state index contributed by atoms with van der Waals surface area (Å²) in [5.41, 5.74) is 4.70. The molecule has 0 aliphatic carbocycles. The van der Waals surface area contributed by atoms with Crippen molar-refractivity contribution < 1.29 is 14.3 Å². The molecule has 2 aliphatic heterocycles. The Bertz CT molecular complexity index is 650. The minimum atomic E-state index is -0.168. The van der Waals surface area contributed by atoms with Crippen LogP contribution in [0.3, 0.4) is 0 Å². The number of carbonyl (C=O) groups excluding carboxylic acids is 1.